The Morgan fingerprint density at radius 3 is 2.86 bits per heavy atom. The van der Waals surface area contributed by atoms with E-state index in [1.165, 1.54) is 17.2 Å². The van der Waals surface area contributed by atoms with Crippen LogP contribution in [0.5, 0.6) is 0 Å². The molecule has 1 aliphatic heterocycles. The van der Waals surface area contributed by atoms with Crippen LogP contribution < -0.4 is 5.32 Å². The van der Waals surface area contributed by atoms with Crippen LogP contribution in [0, 0.1) is 0 Å². The summed E-state index contributed by atoms with van der Waals surface area (Å²) < 4.78 is 4.93. The lowest BCUT2D eigenvalue weighted by Crippen LogP contribution is -2.51. The van der Waals surface area contributed by atoms with Crippen LogP contribution in [0.1, 0.15) is 36.7 Å². The summed E-state index contributed by atoms with van der Waals surface area (Å²) in [6.07, 6.45) is 2.58. The van der Waals surface area contributed by atoms with Gasteiger partial charge in [0.25, 0.3) is 5.91 Å². The molecule has 114 valence electrons. The predicted molar refractivity (Wildman–Crippen MR) is 72.6 cm³/mol. The van der Waals surface area contributed by atoms with Crippen LogP contribution in [0.3, 0.4) is 0 Å². The molecule has 21 heavy (non-hydrogen) atoms. The van der Waals surface area contributed by atoms with Crippen LogP contribution in [0.25, 0.3) is 0 Å². The van der Waals surface area contributed by atoms with E-state index in [1.54, 1.807) is 13.0 Å². The average Bonchev–Trinajstić information content (AvgIpc) is 3.08. The van der Waals surface area contributed by atoms with Crippen molar-refractivity contribution in [2.75, 3.05) is 13.1 Å². The molecular weight excluding hydrogens is 276 g/mol. The van der Waals surface area contributed by atoms with E-state index >= 15 is 0 Å². The number of nitrogens with one attached hydrogen (secondary N) is 1. The van der Waals surface area contributed by atoms with Gasteiger partial charge in [-0.25, -0.2) is 4.79 Å². The molecule has 1 atom stereocenters. The van der Waals surface area contributed by atoms with E-state index < -0.39 is 17.4 Å². The van der Waals surface area contributed by atoms with Crippen molar-refractivity contribution in [2.24, 2.45) is 0 Å². The molecule has 1 unspecified atom stereocenters. The summed E-state index contributed by atoms with van der Waals surface area (Å²) in [4.78, 5) is 36.4. The van der Waals surface area contributed by atoms with E-state index in [1.807, 2.05) is 0 Å². The first-order valence-corrected chi connectivity index (χ1v) is 6.81. The van der Waals surface area contributed by atoms with Gasteiger partial charge in [-0.15, -0.1) is 0 Å². The Bertz CT molecular complexity index is 540. The van der Waals surface area contributed by atoms with Crippen molar-refractivity contribution >= 4 is 17.8 Å². The monoisotopic (exact) mass is 294 g/mol. The molecular formula is C14H18N2O5. The molecule has 7 nitrogen and oxygen atoms in total. The number of likely N-dealkylation sites (tertiary alicyclic amines) is 1. The van der Waals surface area contributed by atoms with Gasteiger partial charge >= 0.3 is 5.97 Å². The first-order chi connectivity index (χ1) is 9.95. The zero-order chi connectivity index (χ0) is 15.5. The van der Waals surface area contributed by atoms with Gasteiger partial charge in [0.15, 0.2) is 5.76 Å². The number of nitrogens with zero attached hydrogens (tertiary/aromatic N) is 1. The van der Waals surface area contributed by atoms with E-state index in [9.17, 15) is 19.5 Å². The number of carboxylic acids is 1. The Morgan fingerprint density at radius 1 is 1.48 bits per heavy atom. The lowest BCUT2D eigenvalue weighted by atomic mass is 9.99. The Balaban J connectivity index is 1.85. The summed E-state index contributed by atoms with van der Waals surface area (Å²) in [7, 11) is 0. The maximum Gasteiger partial charge on any atom is 0.329 e. The number of carbonyl (C=O) groups is 3. The highest BCUT2D eigenvalue weighted by Gasteiger charge is 2.45. The van der Waals surface area contributed by atoms with E-state index in [0.717, 1.165) is 0 Å². The number of carboxylic acid groups (broad SMARTS) is 1. The summed E-state index contributed by atoms with van der Waals surface area (Å²) >= 11 is 0. The summed E-state index contributed by atoms with van der Waals surface area (Å²) in [5.74, 6) is -1.47. The third-order valence-corrected chi connectivity index (χ3v) is 3.77. The van der Waals surface area contributed by atoms with Crippen molar-refractivity contribution in [2.45, 2.75) is 31.7 Å². The molecule has 2 rings (SSSR count). The lowest BCUT2D eigenvalue weighted by molar-refractivity contribution is -0.155. The zero-order valence-corrected chi connectivity index (χ0v) is 11.8. The van der Waals surface area contributed by atoms with Crippen molar-refractivity contribution in [3.63, 3.8) is 0 Å². The fourth-order valence-corrected chi connectivity index (χ4v) is 2.50. The van der Waals surface area contributed by atoms with E-state index in [4.69, 9.17) is 4.42 Å². The SMILES string of the molecule is CC1(C(=O)O)CCCN1C(=O)CCNC(=O)c1ccco1. The molecule has 1 aliphatic rings. The van der Waals surface area contributed by atoms with Crippen LogP contribution in [-0.4, -0.2) is 46.4 Å². The Hall–Kier alpha value is -2.31. The molecule has 0 bridgehead atoms. The quantitative estimate of drug-likeness (QED) is 0.839. The second kappa shape index (κ2) is 5.99. The Morgan fingerprint density at radius 2 is 2.24 bits per heavy atom. The number of rotatable bonds is 5. The summed E-state index contributed by atoms with van der Waals surface area (Å²) in [6, 6.07) is 3.13. The largest absolute Gasteiger partial charge is 0.480 e. The molecule has 7 heteroatoms. The van der Waals surface area contributed by atoms with Crippen molar-refractivity contribution in [1.29, 1.82) is 0 Å². The Labute approximate surface area is 121 Å². The number of furan rings is 1. The van der Waals surface area contributed by atoms with Gasteiger partial charge in [-0.2, -0.15) is 0 Å². The highest BCUT2D eigenvalue weighted by molar-refractivity contribution is 5.92. The van der Waals surface area contributed by atoms with E-state index in [2.05, 4.69) is 5.32 Å². The van der Waals surface area contributed by atoms with Crippen LogP contribution in [0.15, 0.2) is 22.8 Å². The third-order valence-electron chi connectivity index (χ3n) is 3.77. The minimum Gasteiger partial charge on any atom is -0.480 e. The molecule has 2 heterocycles. The van der Waals surface area contributed by atoms with Gasteiger partial charge in [0.1, 0.15) is 5.54 Å². The molecule has 2 amide bonds. The zero-order valence-electron chi connectivity index (χ0n) is 11.8. The molecule has 0 saturated carbocycles. The van der Waals surface area contributed by atoms with Gasteiger partial charge in [-0.1, -0.05) is 0 Å². The predicted octanol–water partition coefficient (Wildman–Crippen LogP) is 0.865. The fraction of sp³-hybridized carbons (Fsp3) is 0.500. The molecule has 0 spiro atoms. The molecule has 1 aromatic rings. The average molecular weight is 294 g/mol. The highest BCUT2D eigenvalue weighted by Crippen LogP contribution is 2.29. The fourth-order valence-electron chi connectivity index (χ4n) is 2.50. The molecule has 0 aliphatic carbocycles. The molecule has 1 aromatic heterocycles. The van der Waals surface area contributed by atoms with Gasteiger partial charge < -0.3 is 19.7 Å². The highest BCUT2D eigenvalue weighted by atomic mass is 16.4. The van der Waals surface area contributed by atoms with E-state index in [-0.39, 0.29) is 24.6 Å². The molecule has 0 aromatic carbocycles. The number of hydrogen-bond donors (Lipinski definition) is 2. The second-order valence-electron chi connectivity index (χ2n) is 5.21. The number of carbonyl (C=O) groups excluding carboxylic acids is 2. The molecule has 0 radical (unpaired) electrons. The molecule has 1 fully saturated rings. The topological polar surface area (TPSA) is 99.9 Å². The van der Waals surface area contributed by atoms with Crippen molar-refractivity contribution in [3.8, 4) is 0 Å². The Kier molecular flexibility index (Phi) is 4.30. The van der Waals surface area contributed by atoms with Crippen molar-refractivity contribution < 1.29 is 23.9 Å². The van der Waals surface area contributed by atoms with Crippen LogP contribution in [0.2, 0.25) is 0 Å². The van der Waals surface area contributed by atoms with Gasteiger partial charge in [0.2, 0.25) is 5.91 Å². The van der Waals surface area contributed by atoms with Crippen LogP contribution >= 0.6 is 0 Å². The summed E-state index contributed by atoms with van der Waals surface area (Å²) in [5, 5.41) is 11.8. The smallest absolute Gasteiger partial charge is 0.329 e. The number of hydrogen-bond acceptors (Lipinski definition) is 4. The standard InChI is InChI=1S/C14H18N2O5/c1-14(13(19)20)6-3-8-16(14)11(17)5-7-15-12(18)10-4-2-9-21-10/h2,4,9H,3,5-8H2,1H3,(H,15,18)(H,19,20). The summed E-state index contributed by atoms with van der Waals surface area (Å²) in [5.41, 5.74) is -1.14. The first kappa shape index (κ1) is 15.1. The van der Waals surface area contributed by atoms with Crippen LogP contribution in [0.4, 0.5) is 0 Å². The normalized spacial score (nSPS) is 21.3. The minimum absolute atomic E-state index is 0.0648. The minimum atomic E-state index is -1.14. The van der Waals surface area contributed by atoms with Crippen LogP contribution in [-0.2, 0) is 9.59 Å². The van der Waals surface area contributed by atoms with Crippen molar-refractivity contribution in [1.82, 2.24) is 10.2 Å². The summed E-state index contributed by atoms with van der Waals surface area (Å²) in [6.45, 7) is 2.14. The van der Waals surface area contributed by atoms with Gasteiger partial charge in [-0.3, -0.25) is 9.59 Å². The second-order valence-corrected chi connectivity index (χ2v) is 5.21. The van der Waals surface area contributed by atoms with Gasteiger partial charge in [0, 0.05) is 19.5 Å². The molecule has 1 saturated heterocycles. The lowest BCUT2D eigenvalue weighted by Gasteiger charge is -2.31. The maximum atomic E-state index is 12.1. The maximum absolute atomic E-state index is 12.1. The van der Waals surface area contributed by atoms with E-state index in [0.29, 0.717) is 19.4 Å². The first-order valence-electron chi connectivity index (χ1n) is 6.81. The van der Waals surface area contributed by atoms with Crippen molar-refractivity contribution in [3.05, 3.63) is 24.2 Å². The number of aliphatic carboxylic acids is 1. The van der Waals surface area contributed by atoms with Gasteiger partial charge in [0.05, 0.1) is 6.26 Å². The third kappa shape index (κ3) is 3.07. The number of amides is 2. The molecule has 2 N–H and O–H groups in total. The van der Waals surface area contributed by atoms with Gasteiger partial charge in [-0.05, 0) is 31.9 Å².